The lowest BCUT2D eigenvalue weighted by molar-refractivity contribution is 0.244. The van der Waals surface area contributed by atoms with Gasteiger partial charge in [-0.3, -0.25) is 4.68 Å². The molecule has 20 heavy (non-hydrogen) atoms. The molecule has 0 aliphatic heterocycles. The normalized spacial score (nSPS) is 21.9. The van der Waals surface area contributed by atoms with Crippen LogP contribution in [0.2, 0.25) is 0 Å². The van der Waals surface area contributed by atoms with Crippen LogP contribution >= 0.6 is 0 Å². The van der Waals surface area contributed by atoms with Crippen molar-refractivity contribution in [3.63, 3.8) is 0 Å². The number of nitrogens with one attached hydrogen (secondary N) is 1. The summed E-state index contributed by atoms with van der Waals surface area (Å²) in [5, 5.41) is 4.56. The van der Waals surface area contributed by atoms with Gasteiger partial charge in [0.1, 0.15) is 0 Å². The fourth-order valence-electron chi connectivity index (χ4n) is 2.90. The van der Waals surface area contributed by atoms with Gasteiger partial charge in [-0.25, -0.2) is 8.93 Å². The van der Waals surface area contributed by atoms with Crippen molar-refractivity contribution < 1.29 is 4.21 Å². The third-order valence-electron chi connectivity index (χ3n) is 4.25. The van der Waals surface area contributed by atoms with Crippen LogP contribution in [0, 0.1) is 5.41 Å². The Hall–Kier alpha value is -0.680. The Balaban J connectivity index is 2.27. The lowest BCUT2D eigenvalue weighted by Gasteiger charge is -2.35. The highest BCUT2D eigenvalue weighted by Crippen LogP contribution is 2.47. The van der Waals surface area contributed by atoms with E-state index in [1.165, 1.54) is 25.7 Å². The van der Waals surface area contributed by atoms with Crippen molar-refractivity contribution in [1.82, 2.24) is 14.5 Å². The predicted octanol–water partition coefficient (Wildman–Crippen LogP) is 3.09. The highest BCUT2D eigenvalue weighted by Gasteiger charge is 2.41. The Kier molecular flexibility index (Phi) is 4.40. The van der Waals surface area contributed by atoms with Gasteiger partial charge in [0.2, 0.25) is 0 Å². The Bertz CT molecular complexity index is 484. The first-order chi connectivity index (χ1) is 9.22. The Labute approximate surface area is 124 Å². The van der Waals surface area contributed by atoms with E-state index >= 15 is 0 Å². The van der Waals surface area contributed by atoms with Crippen molar-refractivity contribution in [3.8, 4) is 0 Å². The molecule has 1 unspecified atom stereocenters. The van der Waals surface area contributed by atoms with Crippen LogP contribution in [0.15, 0.2) is 12.3 Å². The molecule has 1 aliphatic rings. The molecule has 0 saturated heterocycles. The molecule has 1 aliphatic carbocycles. The maximum atomic E-state index is 12.5. The van der Waals surface area contributed by atoms with Gasteiger partial charge in [0.15, 0.2) is 0 Å². The summed E-state index contributed by atoms with van der Waals surface area (Å²) in [6, 6.07) is 2.10. The van der Waals surface area contributed by atoms with E-state index in [0.717, 1.165) is 5.69 Å². The molecule has 0 radical (unpaired) electrons. The van der Waals surface area contributed by atoms with E-state index in [9.17, 15) is 4.21 Å². The Morgan fingerprint density at radius 1 is 1.40 bits per heavy atom. The first-order valence-electron chi connectivity index (χ1n) is 7.40. The minimum Gasteiger partial charge on any atom is -0.275 e. The minimum atomic E-state index is -1.08. The highest BCUT2D eigenvalue weighted by molar-refractivity contribution is 7.84. The van der Waals surface area contributed by atoms with Crippen LogP contribution in [0.1, 0.15) is 65.1 Å². The zero-order valence-electron chi connectivity index (χ0n) is 13.3. The average Bonchev–Trinajstić information content (AvgIpc) is 2.94. The topological polar surface area (TPSA) is 46.9 Å². The van der Waals surface area contributed by atoms with Crippen molar-refractivity contribution in [1.29, 1.82) is 0 Å². The van der Waals surface area contributed by atoms with Gasteiger partial charge in [-0.1, -0.05) is 19.8 Å². The summed E-state index contributed by atoms with van der Waals surface area (Å²) < 4.78 is 17.4. The van der Waals surface area contributed by atoms with Crippen molar-refractivity contribution in [2.24, 2.45) is 12.5 Å². The summed E-state index contributed by atoms with van der Waals surface area (Å²) in [4.78, 5) is 0. The van der Waals surface area contributed by atoms with Crippen LogP contribution in [0.3, 0.4) is 0 Å². The van der Waals surface area contributed by atoms with Crippen LogP contribution in [0.4, 0.5) is 0 Å². The van der Waals surface area contributed by atoms with E-state index in [1.54, 1.807) is 0 Å². The van der Waals surface area contributed by atoms with Crippen molar-refractivity contribution in [3.05, 3.63) is 18.0 Å². The largest absolute Gasteiger partial charge is 0.275 e. The molecule has 1 fully saturated rings. The van der Waals surface area contributed by atoms with E-state index in [1.807, 2.05) is 44.8 Å². The van der Waals surface area contributed by atoms with Crippen LogP contribution in [0.25, 0.3) is 0 Å². The second-order valence-corrected chi connectivity index (χ2v) is 9.21. The van der Waals surface area contributed by atoms with E-state index < -0.39 is 11.0 Å². The van der Waals surface area contributed by atoms with E-state index in [2.05, 4.69) is 16.7 Å². The second-order valence-electron chi connectivity index (χ2n) is 7.21. The van der Waals surface area contributed by atoms with Crippen LogP contribution in [0.5, 0.6) is 0 Å². The number of aromatic nitrogens is 2. The number of hydrogen-bond acceptors (Lipinski definition) is 2. The van der Waals surface area contributed by atoms with Gasteiger partial charge in [0.05, 0.1) is 27.5 Å². The molecule has 4 nitrogen and oxygen atoms in total. The molecule has 114 valence electrons. The zero-order chi connectivity index (χ0) is 15.0. The SMILES string of the molecule is Cn1ccc([C@H](NS(=O)C(C)(C)C)C2(C)CCCC2)n1. The molecule has 1 aromatic rings. The molecule has 0 bridgehead atoms. The summed E-state index contributed by atoms with van der Waals surface area (Å²) >= 11 is 0. The van der Waals surface area contributed by atoms with Crippen LogP contribution in [-0.2, 0) is 18.0 Å². The molecule has 1 aromatic heterocycles. The third-order valence-corrected chi connectivity index (χ3v) is 5.82. The van der Waals surface area contributed by atoms with E-state index in [0.29, 0.717) is 0 Å². The molecule has 0 amide bonds. The first-order valence-corrected chi connectivity index (χ1v) is 8.55. The van der Waals surface area contributed by atoms with Gasteiger partial charge in [0.25, 0.3) is 0 Å². The smallest absolute Gasteiger partial charge is 0.0976 e. The van der Waals surface area contributed by atoms with Gasteiger partial charge < -0.3 is 0 Å². The first kappa shape index (κ1) is 15.7. The molecule has 2 rings (SSSR count). The molecule has 2 atom stereocenters. The Morgan fingerprint density at radius 3 is 2.45 bits per heavy atom. The van der Waals surface area contributed by atoms with Gasteiger partial charge >= 0.3 is 0 Å². The minimum absolute atomic E-state index is 0.0614. The van der Waals surface area contributed by atoms with Crippen molar-refractivity contribution in [2.75, 3.05) is 0 Å². The molecule has 1 N–H and O–H groups in total. The third kappa shape index (κ3) is 3.31. The number of nitrogens with zero attached hydrogens (tertiary/aromatic N) is 2. The van der Waals surface area contributed by atoms with Gasteiger partial charge in [-0.05, 0) is 45.1 Å². The Morgan fingerprint density at radius 2 is 2.00 bits per heavy atom. The number of rotatable bonds is 4. The zero-order valence-corrected chi connectivity index (χ0v) is 14.1. The van der Waals surface area contributed by atoms with E-state index in [-0.39, 0.29) is 16.2 Å². The predicted molar refractivity (Wildman–Crippen MR) is 83.6 cm³/mol. The quantitative estimate of drug-likeness (QED) is 0.928. The summed E-state index contributed by atoms with van der Waals surface area (Å²) in [6.45, 7) is 8.31. The van der Waals surface area contributed by atoms with Gasteiger partial charge in [0, 0.05) is 13.2 Å². The number of aryl methyl sites for hydroxylation is 1. The molecular weight excluding hydrogens is 270 g/mol. The monoisotopic (exact) mass is 297 g/mol. The summed E-state index contributed by atoms with van der Waals surface area (Å²) in [5.74, 6) is 0. The lowest BCUT2D eigenvalue weighted by Crippen LogP contribution is -2.41. The van der Waals surface area contributed by atoms with Gasteiger partial charge in [-0.2, -0.15) is 5.10 Å². The highest BCUT2D eigenvalue weighted by atomic mass is 32.2. The summed E-state index contributed by atoms with van der Waals surface area (Å²) in [5.41, 5.74) is 1.16. The number of hydrogen-bond donors (Lipinski definition) is 1. The fourth-order valence-corrected chi connectivity index (χ4v) is 3.87. The summed E-state index contributed by atoms with van der Waals surface area (Å²) in [6.07, 6.45) is 6.81. The van der Waals surface area contributed by atoms with E-state index in [4.69, 9.17) is 0 Å². The molecule has 0 spiro atoms. The maximum Gasteiger partial charge on any atom is 0.0976 e. The fraction of sp³-hybridized carbons (Fsp3) is 0.800. The standard InChI is InChI=1S/C15H27N3OS/c1-14(2,3)20(19)17-13(12-8-11-18(5)16-12)15(4)9-6-7-10-15/h8,11,13,17H,6-7,9-10H2,1-5H3/t13-,20?/m0/s1. The van der Waals surface area contributed by atoms with Crippen LogP contribution in [-0.4, -0.2) is 18.7 Å². The summed E-state index contributed by atoms with van der Waals surface area (Å²) in [7, 11) is 0.849. The lowest BCUT2D eigenvalue weighted by atomic mass is 9.79. The van der Waals surface area contributed by atoms with Crippen molar-refractivity contribution in [2.45, 2.75) is 64.2 Å². The molecule has 5 heteroatoms. The second kappa shape index (κ2) is 5.60. The average molecular weight is 297 g/mol. The molecule has 1 saturated carbocycles. The molecular formula is C15H27N3OS. The van der Waals surface area contributed by atoms with Crippen molar-refractivity contribution >= 4 is 11.0 Å². The van der Waals surface area contributed by atoms with Gasteiger partial charge in [-0.15, -0.1) is 0 Å². The van der Waals surface area contributed by atoms with Crippen LogP contribution < -0.4 is 4.72 Å². The molecule has 1 heterocycles. The molecule has 0 aromatic carbocycles. The maximum absolute atomic E-state index is 12.5.